The van der Waals surface area contributed by atoms with E-state index in [2.05, 4.69) is 10.3 Å². The van der Waals surface area contributed by atoms with Gasteiger partial charge in [0.15, 0.2) is 0 Å². The van der Waals surface area contributed by atoms with Crippen LogP contribution in [0.2, 0.25) is 0 Å². The molecule has 0 radical (unpaired) electrons. The predicted molar refractivity (Wildman–Crippen MR) is 82.1 cm³/mol. The summed E-state index contributed by atoms with van der Waals surface area (Å²) in [6.07, 6.45) is 6.78. The molecule has 2 fully saturated rings. The maximum absolute atomic E-state index is 12.1. The zero-order chi connectivity index (χ0) is 16.6. The Morgan fingerprint density at radius 1 is 1.35 bits per heavy atom. The lowest BCUT2D eigenvalue weighted by atomic mass is 10.1. The van der Waals surface area contributed by atoms with E-state index in [1.165, 1.54) is 12.8 Å². The average Bonchev–Trinajstić information content (AvgIpc) is 3.26. The monoisotopic (exact) mass is 338 g/mol. The number of hydrogen-bond acceptors (Lipinski definition) is 5. The number of sulfonamides is 1. The minimum absolute atomic E-state index is 0.0101. The summed E-state index contributed by atoms with van der Waals surface area (Å²) in [7, 11) is -3.64. The molecule has 23 heavy (non-hydrogen) atoms. The van der Waals surface area contributed by atoms with Gasteiger partial charge in [-0.15, -0.1) is 0 Å². The third-order valence-electron chi connectivity index (χ3n) is 3.92. The maximum Gasteiger partial charge on any atom is 0.341 e. The van der Waals surface area contributed by atoms with E-state index in [0.717, 1.165) is 22.3 Å². The van der Waals surface area contributed by atoms with Crippen LogP contribution >= 0.6 is 0 Å². The number of aromatic nitrogens is 1. The number of carbonyl (C=O) groups is 2. The summed E-state index contributed by atoms with van der Waals surface area (Å²) in [5, 5.41) is 2.63. The van der Waals surface area contributed by atoms with Gasteiger partial charge in [-0.3, -0.25) is 4.98 Å². The highest BCUT2D eigenvalue weighted by molar-refractivity contribution is 7.88. The number of amides is 4. The molecular weight excluding hydrogens is 320 g/mol. The Morgan fingerprint density at radius 3 is 2.70 bits per heavy atom. The van der Waals surface area contributed by atoms with Crippen LogP contribution in [0.15, 0.2) is 18.5 Å². The lowest BCUT2D eigenvalue weighted by Gasteiger charge is -2.16. The summed E-state index contributed by atoms with van der Waals surface area (Å²) in [5.41, 5.74) is 2.02. The second kappa shape index (κ2) is 5.80. The van der Waals surface area contributed by atoms with Crippen molar-refractivity contribution in [2.75, 3.05) is 19.3 Å². The third kappa shape index (κ3) is 3.44. The Balaban J connectivity index is 1.59. The predicted octanol–water partition coefficient (Wildman–Crippen LogP) is 0.866. The van der Waals surface area contributed by atoms with E-state index in [1.54, 1.807) is 6.20 Å². The zero-order valence-electron chi connectivity index (χ0n) is 12.7. The summed E-state index contributed by atoms with van der Waals surface area (Å²) in [4.78, 5) is 29.1. The van der Waals surface area contributed by atoms with Gasteiger partial charge in [0.2, 0.25) is 10.0 Å². The van der Waals surface area contributed by atoms with E-state index in [-0.39, 0.29) is 19.6 Å². The molecule has 124 valence electrons. The molecule has 0 unspecified atom stereocenters. The number of imide groups is 1. The van der Waals surface area contributed by atoms with Crippen LogP contribution in [-0.2, 0) is 16.6 Å². The summed E-state index contributed by atoms with van der Waals surface area (Å²) in [5.74, 6) is 0.571. The molecule has 9 heteroatoms. The van der Waals surface area contributed by atoms with Gasteiger partial charge in [0.25, 0.3) is 0 Å². The number of urea groups is 2. The molecule has 1 aliphatic carbocycles. The number of carbonyl (C=O) groups excluding carboxylic acids is 2. The van der Waals surface area contributed by atoms with Crippen molar-refractivity contribution in [2.24, 2.45) is 0 Å². The van der Waals surface area contributed by atoms with E-state index in [4.69, 9.17) is 0 Å². The first-order valence-corrected chi connectivity index (χ1v) is 9.22. The van der Waals surface area contributed by atoms with Gasteiger partial charge < -0.3 is 5.32 Å². The molecule has 2 aliphatic rings. The average molecular weight is 338 g/mol. The maximum atomic E-state index is 12.1. The molecule has 1 aliphatic heterocycles. The van der Waals surface area contributed by atoms with Gasteiger partial charge in [-0.1, -0.05) is 6.07 Å². The quantitative estimate of drug-likeness (QED) is 0.878. The van der Waals surface area contributed by atoms with E-state index < -0.39 is 22.1 Å². The Kier molecular flexibility index (Phi) is 3.97. The molecule has 1 aromatic rings. The fourth-order valence-corrected chi connectivity index (χ4v) is 3.33. The van der Waals surface area contributed by atoms with Crippen LogP contribution in [0, 0.1) is 0 Å². The first-order chi connectivity index (χ1) is 10.9. The Morgan fingerprint density at radius 2 is 2.09 bits per heavy atom. The lowest BCUT2D eigenvalue weighted by molar-refractivity contribution is 0.193. The summed E-state index contributed by atoms with van der Waals surface area (Å²) < 4.78 is 23.6. The van der Waals surface area contributed by atoms with Crippen molar-refractivity contribution in [1.82, 2.24) is 19.5 Å². The number of pyridine rings is 1. The van der Waals surface area contributed by atoms with Gasteiger partial charge in [0.05, 0.1) is 19.3 Å². The van der Waals surface area contributed by atoms with Crippen LogP contribution in [0.3, 0.4) is 0 Å². The van der Waals surface area contributed by atoms with Gasteiger partial charge in [0, 0.05) is 18.9 Å². The van der Waals surface area contributed by atoms with Crippen LogP contribution in [0.4, 0.5) is 9.59 Å². The van der Waals surface area contributed by atoms with Crippen LogP contribution in [-0.4, -0.2) is 54.0 Å². The first-order valence-electron chi connectivity index (χ1n) is 7.37. The number of nitrogens with one attached hydrogen (secondary N) is 1. The van der Waals surface area contributed by atoms with Gasteiger partial charge in [-0.2, -0.15) is 0 Å². The van der Waals surface area contributed by atoms with Crippen molar-refractivity contribution in [1.29, 1.82) is 0 Å². The van der Waals surface area contributed by atoms with Crippen molar-refractivity contribution >= 4 is 22.1 Å². The molecular formula is C14H18N4O4S. The molecule has 1 aromatic heterocycles. The molecule has 0 aromatic carbocycles. The lowest BCUT2D eigenvalue weighted by Crippen LogP contribution is -2.43. The second-order valence-electron chi connectivity index (χ2n) is 5.83. The number of hydrogen-bond donors (Lipinski definition) is 1. The molecule has 1 saturated carbocycles. The highest BCUT2D eigenvalue weighted by atomic mass is 32.2. The van der Waals surface area contributed by atoms with Crippen molar-refractivity contribution in [3.63, 3.8) is 0 Å². The number of rotatable bonds is 4. The van der Waals surface area contributed by atoms with Crippen molar-refractivity contribution in [3.8, 4) is 0 Å². The van der Waals surface area contributed by atoms with Crippen molar-refractivity contribution < 1.29 is 18.0 Å². The van der Waals surface area contributed by atoms with E-state index in [9.17, 15) is 18.0 Å². The highest BCUT2D eigenvalue weighted by Crippen LogP contribution is 2.39. The van der Waals surface area contributed by atoms with E-state index in [0.29, 0.717) is 10.2 Å². The van der Waals surface area contributed by atoms with Crippen LogP contribution in [0.25, 0.3) is 0 Å². The van der Waals surface area contributed by atoms with Crippen LogP contribution in [0.5, 0.6) is 0 Å². The molecule has 8 nitrogen and oxygen atoms in total. The van der Waals surface area contributed by atoms with Crippen molar-refractivity contribution in [2.45, 2.75) is 25.3 Å². The fraction of sp³-hybridized carbons (Fsp3) is 0.500. The summed E-state index contributed by atoms with van der Waals surface area (Å²) in [6.45, 7) is 0.289. The van der Waals surface area contributed by atoms with Crippen LogP contribution < -0.4 is 5.32 Å². The van der Waals surface area contributed by atoms with Gasteiger partial charge >= 0.3 is 12.1 Å². The smallest absolute Gasteiger partial charge is 0.333 e. The molecule has 2 heterocycles. The van der Waals surface area contributed by atoms with Gasteiger partial charge in [-0.25, -0.2) is 27.2 Å². The molecule has 0 bridgehead atoms. The normalized spacial score (nSPS) is 18.4. The number of nitrogens with zero attached hydrogens (tertiary/aromatic N) is 3. The standard InChI is InChI=1S/C14H18N4O4S/c1-23(21,22)18-5-4-17(14(18)20)13(19)16-8-10-6-12(9-15-7-10)11-2-3-11/h6-7,9,11H,2-5,8H2,1H3,(H,16,19). The Bertz CT molecular complexity index is 745. The molecule has 3 rings (SSSR count). The Hall–Kier alpha value is -2.16. The minimum Gasteiger partial charge on any atom is -0.333 e. The largest absolute Gasteiger partial charge is 0.341 e. The first kappa shape index (κ1) is 15.7. The summed E-state index contributed by atoms with van der Waals surface area (Å²) in [6, 6.07) is 0.590. The van der Waals surface area contributed by atoms with E-state index in [1.807, 2.05) is 12.3 Å². The molecule has 1 N–H and O–H groups in total. The van der Waals surface area contributed by atoms with Crippen molar-refractivity contribution in [3.05, 3.63) is 29.6 Å². The second-order valence-corrected chi connectivity index (χ2v) is 7.74. The van der Waals surface area contributed by atoms with Gasteiger partial charge in [0.1, 0.15) is 0 Å². The van der Waals surface area contributed by atoms with Gasteiger partial charge in [-0.05, 0) is 29.9 Å². The molecule has 1 saturated heterocycles. The highest BCUT2D eigenvalue weighted by Gasteiger charge is 2.38. The molecule has 4 amide bonds. The van der Waals surface area contributed by atoms with Crippen LogP contribution in [0.1, 0.15) is 29.9 Å². The molecule has 0 spiro atoms. The topological polar surface area (TPSA) is 99.7 Å². The zero-order valence-corrected chi connectivity index (χ0v) is 13.5. The Labute approximate surface area is 134 Å². The van der Waals surface area contributed by atoms with E-state index >= 15 is 0 Å². The SMILES string of the molecule is CS(=O)(=O)N1CCN(C(=O)NCc2cncc(C3CC3)c2)C1=O. The fourth-order valence-electron chi connectivity index (χ4n) is 2.53. The summed E-state index contributed by atoms with van der Waals surface area (Å²) >= 11 is 0. The minimum atomic E-state index is -3.64. The molecule has 0 atom stereocenters. The third-order valence-corrected chi connectivity index (χ3v) is 5.06.